The largest absolute Gasteiger partial charge is 0.380 e. The Morgan fingerprint density at radius 3 is 0.529 bits per heavy atom. The molecule has 0 heterocycles. The van der Waals surface area contributed by atoms with Crippen molar-refractivity contribution >= 4 is 57.1 Å². The van der Waals surface area contributed by atoms with E-state index in [0.29, 0.717) is 0 Å². The molecule has 0 aliphatic carbocycles. The van der Waals surface area contributed by atoms with Crippen molar-refractivity contribution in [2.45, 2.75) is 0 Å². The molecule has 0 amide bonds. The van der Waals surface area contributed by atoms with E-state index in [-0.39, 0.29) is 39.0 Å². The Hall–Kier alpha value is 2.75. The SMILES string of the molecule is O=P(O)(O)S.O=P(O)(O)S.O=P(O)(O)S.[Zn].[Zn]. The summed E-state index contributed by atoms with van der Waals surface area (Å²) in [6.45, 7) is -11.8. The molecule has 9 nitrogen and oxygen atoms in total. The first kappa shape index (κ1) is 31.9. The second kappa shape index (κ2) is 13.7. The van der Waals surface area contributed by atoms with Crippen LogP contribution in [0, 0.1) is 0 Å². The van der Waals surface area contributed by atoms with Crippen molar-refractivity contribution in [2.75, 3.05) is 0 Å². The van der Waals surface area contributed by atoms with Crippen LogP contribution >= 0.6 is 57.1 Å². The minimum atomic E-state index is -3.94. The number of hydrogen-bond acceptors (Lipinski definition) is 3. The fourth-order valence-electron chi connectivity index (χ4n) is 0. The summed E-state index contributed by atoms with van der Waals surface area (Å²) in [6, 6.07) is 0. The third kappa shape index (κ3) is 697. The van der Waals surface area contributed by atoms with E-state index >= 15 is 0 Å². The maximum atomic E-state index is 9.19. The zero-order valence-electron chi connectivity index (χ0n) is 8.01. The quantitative estimate of drug-likeness (QED) is 0.134. The minimum Gasteiger partial charge on any atom is -0.317 e. The molecule has 17 heteroatoms. The van der Waals surface area contributed by atoms with Gasteiger partial charge in [0.15, 0.2) is 0 Å². The maximum Gasteiger partial charge on any atom is 0.380 e. The van der Waals surface area contributed by atoms with Crippen LogP contribution in [-0.2, 0) is 52.7 Å². The molecule has 0 rings (SSSR count). The van der Waals surface area contributed by atoms with Gasteiger partial charge in [0.05, 0.1) is 0 Å². The van der Waals surface area contributed by atoms with Crippen molar-refractivity contribution in [3.8, 4) is 0 Å². The average molecular weight is 473 g/mol. The van der Waals surface area contributed by atoms with Gasteiger partial charge in [-0.15, -0.1) is 0 Å². The molecule has 17 heavy (non-hydrogen) atoms. The Morgan fingerprint density at radius 1 is 0.529 bits per heavy atom. The van der Waals surface area contributed by atoms with E-state index in [1.807, 2.05) is 0 Å². The summed E-state index contributed by atoms with van der Waals surface area (Å²) >= 11 is 8.37. The van der Waals surface area contributed by atoms with E-state index in [9.17, 15) is 13.7 Å². The van der Waals surface area contributed by atoms with E-state index < -0.39 is 20.4 Å². The first-order chi connectivity index (χ1) is 6.00. The zero-order chi connectivity index (χ0) is 13.5. The Labute approximate surface area is 138 Å². The zero-order valence-corrected chi connectivity index (χ0v) is 19.3. The van der Waals surface area contributed by atoms with E-state index in [1.54, 1.807) is 0 Å². The van der Waals surface area contributed by atoms with Gasteiger partial charge in [0.25, 0.3) is 0 Å². The molecule has 0 aromatic carbocycles. The molecule has 0 bridgehead atoms. The predicted octanol–water partition coefficient (Wildman–Crippen LogP) is 0.0217. The monoisotopic (exact) mass is 470 g/mol. The van der Waals surface area contributed by atoms with Gasteiger partial charge in [0.2, 0.25) is 0 Å². The van der Waals surface area contributed by atoms with Crippen molar-refractivity contribution in [1.29, 1.82) is 0 Å². The summed E-state index contributed by atoms with van der Waals surface area (Å²) in [5, 5.41) is 0. The molecule has 0 saturated heterocycles. The van der Waals surface area contributed by atoms with Crippen LogP contribution in [0.25, 0.3) is 0 Å². The first-order valence-electron chi connectivity index (χ1n) is 2.35. The normalized spacial score (nSPS) is 10.4. The van der Waals surface area contributed by atoms with Crippen LogP contribution in [0.15, 0.2) is 0 Å². The summed E-state index contributed by atoms with van der Waals surface area (Å²) in [4.78, 5) is 45.0. The predicted molar refractivity (Wildman–Crippen MR) is 63.1 cm³/mol. The van der Waals surface area contributed by atoms with Gasteiger partial charge >= 0.3 is 20.4 Å². The molecule has 0 aromatic rings. The van der Waals surface area contributed by atoms with Crippen molar-refractivity contribution in [3.05, 3.63) is 0 Å². The standard InChI is InChI=1S/3H3O3PS.2Zn/c3*1-4(2,3)5;;/h3*(H3,1,2,3,5);;. The molecule has 0 unspecified atom stereocenters. The van der Waals surface area contributed by atoms with Gasteiger partial charge in [-0.25, -0.2) is 13.7 Å². The molecular formula is H9O9P3S3Zn2. The Kier molecular flexibility index (Phi) is 25.7. The summed E-state index contributed by atoms with van der Waals surface area (Å²) in [5.74, 6) is 0. The fourth-order valence-corrected chi connectivity index (χ4v) is 0. The Bertz CT molecular complexity index is 216. The smallest absolute Gasteiger partial charge is 0.317 e. The van der Waals surface area contributed by atoms with Gasteiger partial charge in [0.1, 0.15) is 0 Å². The van der Waals surface area contributed by atoms with Crippen LogP contribution in [-0.4, -0.2) is 29.4 Å². The van der Waals surface area contributed by atoms with Crippen LogP contribution in [0.1, 0.15) is 0 Å². The van der Waals surface area contributed by atoms with Gasteiger partial charge in [-0.3, -0.25) is 0 Å². The second-order valence-electron chi connectivity index (χ2n) is 1.54. The number of rotatable bonds is 0. The molecule has 0 aliphatic heterocycles. The van der Waals surface area contributed by atoms with Gasteiger partial charge in [-0.05, 0) is 0 Å². The summed E-state index contributed by atoms with van der Waals surface area (Å²) < 4.78 is 27.6. The first-order valence-corrected chi connectivity index (χ1v) is 10.6. The molecule has 0 aliphatic rings. The molecule has 0 aromatic heterocycles. The van der Waals surface area contributed by atoms with Crippen LogP contribution in [0.5, 0.6) is 0 Å². The fraction of sp³-hybridized carbons (Fsp3) is 0. The van der Waals surface area contributed by atoms with E-state index in [1.165, 1.54) is 0 Å². The number of thiol groups is 3. The van der Waals surface area contributed by atoms with Gasteiger partial charge < -0.3 is 29.4 Å². The molecular weight excluding hydrogens is 464 g/mol. The summed E-state index contributed by atoms with van der Waals surface area (Å²) in [7, 11) is 0. The maximum absolute atomic E-state index is 9.19. The van der Waals surface area contributed by atoms with Crippen molar-refractivity contribution < 1.29 is 82.0 Å². The van der Waals surface area contributed by atoms with Crippen LogP contribution < -0.4 is 0 Å². The minimum absolute atomic E-state index is 0. The molecule has 0 spiro atoms. The van der Waals surface area contributed by atoms with Crippen LogP contribution in [0.3, 0.4) is 0 Å². The molecule has 6 N–H and O–H groups in total. The summed E-state index contributed by atoms with van der Waals surface area (Å²) in [5.41, 5.74) is 0. The third-order valence-corrected chi connectivity index (χ3v) is 0. The summed E-state index contributed by atoms with van der Waals surface area (Å²) in [6.07, 6.45) is 0. The van der Waals surface area contributed by atoms with Crippen LogP contribution in [0.2, 0.25) is 0 Å². The van der Waals surface area contributed by atoms with E-state index in [4.69, 9.17) is 29.4 Å². The average Bonchev–Trinajstić information content (AvgIpc) is 1.41. The van der Waals surface area contributed by atoms with Crippen molar-refractivity contribution in [1.82, 2.24) is 0 Å². The van der Waals surface area contributed by atoms with E-state index in [2.05, 4.69) is 36.7 Å². The Morgan fingerprint density at radius 2 is 0.529 bits per heavy atom. The molecule has 0 saturated carbocycles. The van der Waals surface area contributed by atoms with E-state index in [0.717, 1.165) is 0 Å². The van der Waals surface area contributed by atoms with Crippen molar-refractivity contribution in [3.63, 3.8) is 0 Å². The number of hydrogen-bond donors (Lipinski definition) is 9. The van der Waals surface area contributed by atoms with Crippen LogP contribution in [0.4, 0.5) is 0 Å². The van der Waals surface area contributed by atoms with Gasteiger partial charge in [-0.2, -0.15) is 0 Å². The second-order valence-corrected chi connectivity index (χ2v) is 9.31. The Balaban J connectivity index is -0.0000000400. The molecule has 100 valence electrons. The van der Waals surface area contributed by atoms with Crippen molar-refractivity contribution in [2.24, 2.45) is 0 Å². The topological polar surface area (TPSA) is 173 Å². The molecule has 0 atom stereocenters. The molecule has 0 fully saturated rings. The van der Waals surface area contributed by atoms with Gasteiger partial charge in [-0.1, -0.05) is 36.7 Å². The molecule has 0 radical (unpaired) electrons. The van der Waals surface area contributed by atoms with Gasteiger partial charge in [0, 0.05) is 39.0 Å². The third-order valence-electron chi connectivity index (χ3n) is 0.